The molecule has 0 radical (unpaired) electrons. The fourth-order valence-corrected chi connectivity index (χ4v) is 2.56. The molecule has 2 aliphatic rings. The number of ether oxygens (including phenoxy) is 2. The fraction of sp³-hybridized carbons (Fsp3) is 0.533. The van der Waals surface area contributed by atoms with Gasteiger partial charge in [0, 0.05) is 13.0 Å². The summed E-state index contributed by atoms with van der Waals surface area (Å²) in [6, 6.07) is 7.43. The summed E-state index contributed by atoms with van der Waals surface area (Å²) in [6.45, 7) is 1.14. The van der Waals surface area contributed by atoms with E-state index in [1.807, 2.05) is 24.3 Å². The highest BCUT2D eigenvalue weighted by Crippen LogP contribution is 2.23. The third-order valence-corrected chi connectivity index (χ3v) is 3.64. The third kappa shape index (κ3) is 3.86. The van der Waals surface area contributed by atoms with E-state index in [0.29, 0.717) is 13.2 Å². The molecule has 2 aliphatic heterocycles. The maximum absolute atomic E-state index is 11.8. The number of nitrogens with one attached hydrogen (secondary N) is 2. The molecule has 2 amide bonds. The molecule has 0 spiro atoms. The van der Waals surface area contributed by atoms with E-state index in [0.717, 1.165) is 37.0 Å². The number of urea groups is 1. The summed E-state index contributed by atoms with van der Waals surface area (Å²) in [5.74, 6) is 0.891. The van der Waals surface area contributed by atoms with E-state index in [9.17, 15) is 4.79 Å². The van der Waals surface area contributed by atoms with E-state index in [1.54, 1.807) is 0 Å². The Hall–Kier alpha value is -1.79. The van der Waals surface area contributed by atoms with Crippen molar-refractivity contribution >= 4 is 6.03 Å². The lowest BCUT2D eigenvalue weighted by atomic mass is 10.0. The van der Waals surface area contributed by atoms with Gasteiger partial charge in [0.05, 0.1) is 6.04 Å². The average Bonchev–Trinajstić information content (AvgIpc) is 2.54. The van der Waals surface area contributed by atoms with Crippen molar-refractivity contribution in [3.05, 3.63) is 29.8 Å². The fourth-order valence-electron chi connectivity index (χ4n) is 2.56. The summed E-state index contributed by atoms with van der Waals surface area (Å²) in [5, 5.41) is 2.84. The zero-order valence-electron chi connectivity index (χ0n) is 11.8. The standard InChI is InChI=1S/C15H20N2O4/c18-15(17-21-14-7-3-4-8-19-14)16-12-9-11-5-1-2-6-13(11)20-10-12/h1-2,5-6,12,14H,3-4,7-10H2,(H2,16,17,18)/t12-,14-/m1/s1. The Balaban J connectivity index is 1.43. The molecule has 114 valence electrons. The van der Waals surface area contributed by atoms with Gasteiger partial charge in [-0.15, -0.1) is 0 Å². The van der Waals surface area contributed by atoms with E-state index in [-0.39, 0.29) is 18.4 Å². The molecule has 3 rings (SSSR count). The predicted octanol–water partition coefficient (Wildman–Crippen LogP) is 1.75. The average molecular weight is 292 g/mol. The first-order valence-corrected chi connectivity index (χ1v) is 7.36. The van der Waals surface area contributed by atoms with Crippen molar-refractivity contribution in [2.75, 3.05) is 13.2 Å². The van der Waals surface area contributed by atoms with Gasteiger partial charge < -0.3 is 14.8 Å². The van der Waals surface area contributed by atoms with Gasteiger partial charge in [0.1, 0.15) is 12.4 Å². The van der Waals surface area contributed by atoms with Gasteiger partial charge >= 0.3 is 6.03 Å². The van der Waals surface area contributed by atoms with E-state index in [4.69, 9.17) is 14.3 Å². The molecule has 6 heteroatoms. The molecule has 2 heterocycles. The Kier molecular flexibility index (Phi) is 4.57. The Morgan fingerprint density at radius 1 is 1.29 bits per heavy atom. The number of carbonyl (C=O) groups is 1. The van der Waals surface area contributed by atoms with Gasteiger partial charge in [-0.05, 0) is 30.9 Å². The molecular weight excluding hydrogens is 272 g/mol. The summed E-state index contributed by atoms with van der Waals surface area (Å²) >= 11 is 0. The van der Waals surface area contributed by atoms with E-state index in [2.05, 4.69) is 10.8 Å². The van der Waals surface area contributed by atoms with Crippen LogP contribution in [0.3, 0.4) is 0 Å². The van der Waals surface area contributed by atoms with Crippen molar-refractivity contribution in [3.63, 3.8) is 0 Å². The Morgan fingerprint density at radius 3 is 3.05 bits per heavy atom. The highest BCUT2D eigenvalue weighted by atomic mass is 16.8. The number of fused-ring (bicyclic) bond motifs is 1. The summed E-state index contributed by atoms with van der Waals surface area (Å²) in [6.07, 6.45) is 3.32. The lowest BCUT2D eigenvalue weighted by molar-refractivity contribution is -0.186. The number of hydroxylamine groups is 1. The summed E-state index contributed by atoms with van der Waals surface area (Å²) in [4.78, 5) is 17.0. The molecule has 2 N–H and O–H groups in total. The van der Waals surface area contributed by atoms with Crippen LogP contribution in [0.1, 0.15) is 24.8 Å². The first-order chi connectivity index (χ1) is 10.3. The number of hydrogen-bond donors (Lipinski definition) is 2. The summed E-state index contributed by atoms with van der Waals surface area (Å²) < 4.78 is 11.0. The zero-order chi connectivity index (χ0) is 14.5. The highest BCUT2D eigenvalue weighted by molar-refractivity contribution is 5.73. The minimum absolute atomic E-state index is 0.0595. The molecule has 0 aromatic heterocycles. The van der Waals surface area contributed by atoms with Crippen LogP contribution in [0.4, 0.5) is 4.79 Å². The molecule has 6 nitrogen and oxygen atoms in total. The monoisotopic (exact) mass is 292 g/mol. The number of amides is 2. The van der Waals surface area contributed by atoms with E-state index < -0.39 is 0 Å². The second-order valence-corrected chi connectivity index (χ2v) is 5.31. The summed E-state index contributed by atoms with van der Waals surface area (Å²) in [5.41, 5.74) is 3.50. The van der Waals surface area contributed by atoms with Crippen molar-refractivity contribution < 1.29 is 19.1 Å². The van der Waals surface area contributed by atoms with Crippen molar-refractivity contribution in [3.8, 4) is 5.75 Å². The third-order valence-electron chi connectivity index (χ3n) is 3.64. The van der Waals surface area contributed by atoms with Crippen LogP contribution in [0.25, 0.3) is 0 Å². The lowest BCUT2D eigenvalue weighted by Gasteiger charge is -2.27. The zero-order valence-corrected chi connectivity index (χ0v) is 11.8. The van der Waals surface area contributed by atoms with Crippen LogP contribution in [-0.2, 0) is 16.0 Å². The molecule has 21 heavy (non-hydrogen) atoms. The minimum Gasteiger partial charge on any atom is -0.491 e. The van der Waals surface area contributed by atoms with Crippen LogP contribution in [-0.4, -0.2) is 31.6 Å². The quantitative estimate of drug-likeness (QED) is 0.833. The van der Waals surface area contributed by atoms with Gasteiger partial charge in [-0.2, -0.15) is 0 Å². The van der Waals surface area contributed by atoms with Crippen molar-refractivity contribution in [1.29, 1.82) is 0 Å². The molecule has 0 aliphatic carbocycles. The molecule has 1 aromatic carbocycles. The van der Waals surface area contributed by atoms with E-state index in [1.165, 1.54) is 0 Å². The van der Waals surface area contributed by atoms with Crippen LogP contribution in [0, 0.1) is 0 Å². The molecular formula is C15H20N2O4. The second kappa shape index (κ2) is 6.78. The van der Waals surface area contributed by atoms with Gasteiger partial charge in [-0.25, -0.2) is 15.1 Å². The van der Waals surface area contributed by atoms with Crippen LogP contribution in [0.5, 0.6) is 5.75 Å². The number of carbonyl (C=O) groups excluding carboxylic acids is 1. The van der Waals surface area contributed by atoms with Gasteiger partial charge in [-0.3, -0.25) is 0 Å². The maximum Gasteiger partial charge on any atom is 0.339 e. The first kappa shape index (κ1) is 14.2. The lowest BCUT2D eigenvalue weighted by Crippen LogP contribution is -2.48. The highest BCUT2D eigenvalue weighted by Gasteiger charge is 2.22. The van der Waals surface area contributed by atoms with Gasteiger partial charge in [-0.1, -0.05) is 18.2 Å². The SMILES string of the molecule is O=C(NO[C@@H]1CCCCO1)N[C@H]1COc2ccccc2C1. The van der Waals surface area contributed by atoms with Gasteiger partial charge in [0.2, 0.25) is 0 Å². The van der Waals surface area contributed by atoms with Crippen molar-refractivity contribution in [2.24, 2.45) is 0 Å². The number of hydrogen-bond acceptors (Lipinski definition) is 4. The van der Waals surface area contributed by atoms with Crippen molar-refractivity contribution in [1.82, 2.24) is 10.8 Å². The summed E-state index contributed by atoms with van der Waals surface area (Å²) in [7, 11) is 0. The number of rotatable bonds is 3. The Morgan fingerprint density at radius 2 is 2.19 bits per heavy atom. The Labute approximate surface area is 123 Å². The molecule has 0 bridgehead atoms. The molecule has 2 atom stereocenters. The Bertz CT molecular complexity index is 488. The molecule has 1 aromatic rings. The molecule has 1 fully saturated rings. The number of para-hydroxylation sites is 1. The first-order valence-electron chi connectivity index (χ1n) is 7.36. The maximum atomic E-state index is 11.8. The van der Waals surface area contributed by atoms with Crippen LogP contribution in [0.2, 0.25) is 0 Å². The molecule has 1 saturated heterocycles. The topological polar surface area (TPSA) is 68.8 Å². The smallest absolute Gasteiger partial charge is 0.339 e. The van der Waals surface area contributed by atoms with Gasteiger partial charge in [0.15, 0.2) is 6.29 Å². The normalized spacial score (nSPS) is 24.6. The van der Waals surface area contributed by atoms with E-state index >= 15 is 0 Å². The predicted molar refractivity (Wildman–Crippen MR) is 75.8 cm³/mol. The van der Waals surface area contributed by atoms with Crippen LogP contribution in [0.15, 0.2) is 24.3 Å². The van der Waals surface area contributed by atoms with Crippen LogP contribution < -0.4 is 15.5 Å². The molecule has 0 unspecified atom stereocenters. The van der Waals surface area contributed by atoms with Crippen LogP contribution >= 0.6 is 0 Å². The molecule has 0 saturated carbocycles. The second-order valence-electron chi connectivity index (χ2n) is 5.31. The minimum atomic E-state index is -0.364. The van der Waals surface area contributed by atoms with Crippen molar-refractivity contribution in [2.45, 2.75) is 38.0 Å². The van der Waals surface area contributed by atoms with Gasteiger partial charge in [0.25, 0.3) is 0 Å². The number of benzene rings is 1. The largest absolute Gasteiger partial charge is 0.491 e.